The van der Waals surface area contributed by atoms with Gasteiger partial charge in [0.2, 0.25) is 5.89 Å². The van der Waals surface area contributed by atoms with Crippen LogP contribution in [0.4, 0.5) is 0 Å². The summed E-state index contributed by atoms with van der Waals surface area (Å²) in [5.74, 6) is 1.20. The molecule has 2 aromatic carbocycles. The van der Waals surface area contributed by atoms with Crippen LogP contribution in [0.15, 0.2) is 46.9 Å². The second kappa shape index (κ2) is 4.54. The van der Waals surface area contributed by atoms with Gasteiger partial charge in [0.05, 0.1) is 0 Å². The van der Waals surface area contributed by atoms with Crippen LogP contribution in [0, 0.1) is 6.92 Å². The van der Waals surface area contributed by atoms with E-state index in [9.17, 15) is 0 Å². The summed E-state index contributed by atoms with van der Waals surface area (Å²) in [6, 6.07) is 14.5. The van der Waals surface area contributed by atoms with Gasteiger partial charge in [0.1, 0.15) is 5.52 Å². The van der Waals surface area contributed by atoms with E-state index in [1.807, 2.05) is 18.2 Å². The van der Waals surface area contributed by atoms with Crippen molar-refractivity contribution >= 4 is 11.1 Å². The zero-order valence-corrected chi connectivity index (χ0v) is 11.5. The molecule has 0 spiro atoms. The minimum Gasteiger partial charge on any atom is -0.436 e. The maximum atomic E-state index is 5.83. The molecular formula is C17H17NO. The molecule has 0 aliphatic heterocycles. The first-order chi connectivity index (χ1) is 9.13. The van der Waals surface area contributed by atoms with Crippen LogP contribution in [0.25, 0.3) is 22.6 Å². The molecule has 0 bridgehead atoms. The van der Waals surface area contributed by atoms with E-state index in [2.05, 4.69) is 50.0 Å². The van der Waals surface area contributed by atoms with Gasteiger partial charge in [-0.25, -0.2) is 4.98 Å². The molecule has 1 aromatic heterocycles. The highest BCUT2D eigenvalue weighted by atomic mass is 16.3. The van der Waals surface area contributed by atoms with Crippen LogP contribution in [0.5, 0.6) is 0 Å². The Balaban J connectivity index is 2.11. The van der Waals surface area contributed by atoms with Gasteiger partial charge >= 0.3 is 0 Å². The highest BCUT2D eigenvalue weighted by Gasteiger charge is 2.09. The number of hydrogen-bond donors (Lipinski definition) is 0. The highest BCUT2D eigenvalue weighted by molar-refractivity contribution is 5.77. The molecule has 0 atom stereocenters. The second-order valence-corrected chi connectivity index (χ2v) is 5.27. The van der Waals surface area contributed by atoms with E-state index in [0.29, 0.717) is 11.8 Å². The van der Waals surface area contributed by atoms with Crippen LogP contribution in [0.1, 0.15) is 30.9 Å². The fraction of sp³-hybridized carbons (Fsp3) is 0.235. The maximum absolute atomic E-state index is 5.83. The minimum absolute atomic E-state index is 0.503. The fourth-order valence-electron chi connectivity index (χ4n) is 2.21. The van der Waals surface area contributed by atoms with Gasteiger partial charge in [0.15, 0.2) is 5.58 Å². The van der Waals surface area contributed by atoms with Crippen molar-refractivity contribution in [1.29, 1.82) is 0 Å². The third-order valence-electron chi connectivity index (χ3n) is 3.34. The molecule has 0 amide bonds. The molecule has 0 radical (unpaired) electrons. The van der Waals surface area contributed by atoms with Crippen molar-refractivity contribution in [3.05, 3.63) is 53.6 Å². The first-order valence-electron chi connectivity index (χ1n) is 6.61. The van der Waals surface area contributed by atoms with Crippen molar-refractivity contribution in [2.45, 2.75) is 26.7 Å². The summed E-state index contributed by atoms with van der Waals surface area (Å²) in [6.07, 6.45) is 0. The summed E-state index contributed by atoms with van der Waals surface area (Å²) >= 11 is 0. The molecule has 2 nitrogen and oxygen atoms in total. The minimum atomic E-state index is 0.503. The van der Waals surface area contributed by atoms with Gasteiger partial charge in [-0.05, 0) is 42.7 Å². The van der Waals surface area contributed by atoms with Gasteiger partial charge in [0.25, 0.3) is 0 Å². The zero-order valence-electron chi connectivity index (χ0n) is 11.5. The normalized spacial score (nSPS) is 11.4. The predicted molar refractivity (Wildman–Crippen MR) is 78.3 cm³/mol. The lowest BCUT2D eigenvalue weighted by atomic mass is 10.0. The van der Waals surface area contributed by atoms with Crippen molar-refractivity contribution in [2.24, 2.45) is 0 Å². The highest BCUT2D eigenvalue weighted by Crippen LogP contribution is 2.27. The number of fused-ring (bicyclic) bond motifs is 1. The van der Waals surface area contributed by atoms with E-state index < -0.39 is 0 Å². The fourth-order valence-corrected chi connectivity index (χ4v) is 2.21. The molecule has 3 aromatic rings. The van der Waals surface area contributed by atoms with Crippen LogP contribution in [0.3, 0.4) is 0 Å². The molecule has 0 N–H and O–H groups in total. The van der Waals surface area contributed by atoms with Gasteiger partial charge < -0.3 is 4.42 Å². The van der Waals surface area contributed by atoms with E-state index in [0.717, 1.165) is 16.7 Å². The Morgan fingerprint density at radius 1 is 1.05 bits per heavy atom. The number of nitrogens with zero attached hydrogens (tertiary/aromatic N) is 1. The van der Waals surface area contributed by atoms with Gasteiger partial charge in [-0.1, -0.05) is 37.6 Å². The number of aryl methyl sites for hydroxylation is 1. The zero-order chi connectivity index (χ0) is 13.4. The second-order valence-electron chi connectivity index (χ2n) is 5.27. The molecular weight excluding hydrogens is 234 g/mol. The largest absolute Gasteiger partial charge is 0.436 e. The van der Waals surface area contributed by atoms with Crippen molar-refractivity contribution < 1.29 is 4.42 Å². The number of hydrogen-bond acceptors (Lipinski definition) is 2. The Bertz CT molecular complexity index is 725. The van der Waals surface area contributed by atoms with Gasteiger partial charge in [-0.2, -0.15) is 0 Å². The molecule has 1 heterocycles. The first-order valence-corrected chi connectivity index (χ1v) is 6.61. The lowest BCUT2D eigenvalue weighted by Gasteiger charge is -2.02. The third kappa shape index (κ3) is 2.26. The maximum Gasteiger partial charge on any atom is 0.227 e. The first kappa shape index (κ1) is 12.0. The molecule has 3 rings (SSSR count). The van der Waals surface area contributed by atoms with E-state index in [-0.39, 0.29) is 0 Å². The van der Waals surface area contributed by atoms with Gasteiger partial charge in [-0.15, -0.1) is 0 Å². The molecule has 19 heavy (non-hydrogen) atoms. The van der Waals surface area contributed by atoms with Crippen molar-refractivity contribution in [3.63, 3.8) is 0 Å². The SMILES string of the molecule is Cc1cccc(-c2nc3cc(C(C)C)ccc3o2)c1. The Labute approximate surface area is 113 Å². The lowest BCUT2D eigenvalue weighted by Crippen LogP contribution is -1.85. The van der Waals surface area contributed by atoms with Crippen LogP contribution >= 0.6 is 0 Å². The summed E-state index contributed by atoms with van der Waals surface area (Å²) in [4.78, 5) is 4.60. The topological polar surface area (TPSA) is 26.0 Å². The molecule has 0 fully saturated rings. The molecule has 0 saturated heterocycles. The van der Waals surface area contributed by atoms with Crippen LogP contribution in [-0.4, -0.2) is 4.98 Å². The number of aromatic nitrogens is 1. The van der Waals surface area contributed by atoms with Crippen molar-refractivity contribution in [1.82, 2.24) is 4.98 Å². The summed E-state index contributed by atoms with van der Waals surface area (Å²) in [5, 5.41) is 0. The summed E-state index contributed by atoms with van der Waals surface area (Å²) in [7, 11) is 0. The van der Waals surface area contributed by atoms with E-state index in [1.165, 1.54) is 11.1 Å². The average Bonchev–Trinajstić information content (AvgIpc) is 2.81. The van der Waals surface area contributed by atoms with Crippen molar-refractivity contribution in [3.8, 4) is 11.5 Å². The Morgan fingerprint density at radius 3 is 2.63 bits per heavy atom. The van der Waals surface area contributed by atoms with Gasteiger partial charge in [0, 0.05) is 5.56 Å². The molecule has 2 heteroatoms. The number of rotatable bonds is 2. The summed E-state index contributed by atoms with van der Waals surface area (Å²) < 4.78 is 5.83. The molecule has 96 valence electrons. The lowest BCUT2D eigenvalue weighted by molar-refractivity contribution is 0.619. The predicted octanol–water partition coefficient (Wildman–Crippen LogP) is 4.93. The van der Waals surface area contributed by atoms with Crippen LogP contribution in [-0.2, 0) is 0 Å². The molecule has 0 unspecified atom stereocenters. The smallest absolute Gasteiger partial charge is 0.227 e. The number of benzene rings is 2. The summed E-state index contributed by atoms with van der Waals surface area (Å²) in [6.45, 7) is 6.44. The van der Waals surface area contributed by atoms with E-state index in [1.54, 1.807) is 0 Å². The quantitative estimate of drug-likeness (QED) is 0.645. The average molecular weight is 251 g/mol. The third-order valence-corrected chi connectivity index (χ3v) is 3.34. The Hall–Kier alpha value is -2.09. The van der Waals surface area contributed by atoms with E-state index in [4.69, 9.17) is 4.42 Å². The monoisotopic (exact) mass is 251 g/mol. The Morgan fingerprint density at radius 2 is 1.89 bits per heavy atom. The molecule has 0 aliphatic rings. The Kier molecular flexibility index (Phi) is 2.86. The van der Waals surface area contributed by atoms with Gasteiger partial charge in [-0.3, -0.25) is 0 Å². The molecule has 0 saturated carbocycles. The van der Waals surface area contributed by atoms with Crippen LogP contribution in [0.2, 0.25) is 0 Å². The number of oxazole rings is 1. The standard InChI is InChI=1S/C17H17NO/c1-11(2)13-7-8-16-15(10-13)18-17(19-16)14-6-4-5-12(3)9-14/h4-11H,1-3H3. The van der Waals surface area contributed by atoms with E-state index >= 15 is 0 Å². The molecule has 0 aliphatic carbocycles. The van der Waals surface area contributed by atoms with Crippen molar-refractivity contribution in [2.75, 3.05) is 0 Å². The van der Waals surface area contributed by atoms with Crippen LogP contribution < -0.4 is 0 Å². The summed E-state index contributed by atoms with van der Waals surface area (Å²) in [5.41, 5.74) is 5.31.